The van der Waals surface area contributed by atoms with E-state index >= 15 is 0 Å². The van der Waals surface area contributed by atoms with E-state index in [0.717, 1.165) is 10.7 Å². The number of nitrogens with zero attached hydrogens (tertiary/aromatic N) is 2. The van der Waals surface area contributed by atoms with E-state index in [1.807, 2.05) is 19.2 Å². The number of aromatic nitrogens is 2. The fraction of sp³-hybridized carbons (Fsp3) is 0.250. The van der Waals surface area contributed by atoms with Gasteiger partial charge >= 0.3 is 0 Å². The van der Waals surface area contributed by atoms with Crippen molar-refractivity contribution in [2.45, 2.75) is 19.9 Å². The molecule has 0 saturated carbocycles. The van der Waals surface area contributed by atoms with Crippen LogP contribution in [0.3, 0.4) is 0 Å². The molecule has 1 unspecified atom stereocenters. The fourth-order valence-electron chi connectivity index (χ4n) is 1.64. The van der Waals surface area contributed by atoms with Crippen molar-refractivity contribution in [2.24, 2.45) is 5.84 Å². The van der Waals surface area contributed by atoms with E-state index in [2.05, 4.69) is 20.7 Å². The summed E-state index contributed by atoms with van der Waals surface area (Å²) in [5, 5.41) is 5.60. The molecular weight excluding hydrogens is 262 g/mol. The van der Waals surface area contributed by atoms with Gasteiger partial charge in [-0.2, -0.15) is 0 Å². The second-order valence-corrected chi connectivity index (χ2v) is 5.01. The Hall–Kier alpha value is -1.99. The first-order valence-corrected chi connectivity index (χ1v) is 6.63. The van der Waals surface area contributed by atoms with Crippen LogP contribution in [0.2, 0.25) is 0 Å². The number of rotatable bonds is 4. The van der Waals surface area contributed by atoms with Gasteiger partial charge in [0.25, 0.3) is 5.91 Å². The minimum Gasteiger partial charge on any atom is -0.343 e. The quantitative estimate of drug-likeness (QED) is 0.583. The molecular formula is C12H15N5OS. The fourth-order valence-corrected chi connectivity index (χ4v) is 2.29. The zero-order valence-electron chi connectivity index (χ0n) is 10.7. The molecule has 2 aromatic rings. The molecule has 0 radical (unpaired) electrons. The van der Waals surface area contributed by atoms with E-state index in [1.54, 1.807) is 12.3 Å². The third-order valence-corrected chi connectivity index (χ3v) is 3.57. The van der Waals surface area contributed by atoms with E-state index in [4.69, 9.17) is 5.84 Å². The maximum atomic E-state index is 12.2. The SMILES string of the molecule is Cc1cc(NN)c(C(=O)NC(C)c2nccs2)cn1. The first-order valence-electron chi connectivity index (χ1n) is 5.75. The lowest BCUT2D eigenvalue weighted by atomic mass is 10.2. The van der Waals surface area contributed by atoms with Crippen LogP contribution in [0, 0.1) is 6.92 Å². The first kappa shape index (κ1) is 13.4. The summed E-state index contributed by atoms with van der Waals surface area (Å²) >= 11 is 1.50. The normalized spacial score (nSPS) is 11.9. The standard InChI is InChI=1S/C12H15N5OS/c1-7-5-10(17-13)9(6-15-7)11(18)16-8(2)12-14-3-4-19-12/h3-6,8H,13H2,1-2H3,(H,15,17)(H,16,18). The molecule has 1 amide bonds. The molecule has 0 aliphatic rings. The van der Waals surface area contributed by atoms with Crippen LogP contribution in [-0.2, 0) is 0 Å². The van der Waals surface area contributed by atoms with E-state index in [9.17, 15) is 4.79 Å². The molecule has 2 aromatic heterocycles. The maximum Gasteiger partial charge on any atom is 0.255 e. The Morgan fingerprint density at radius 1 is 1.47 bits per heavy atom. The van der Waals surface area contributed by atoms with Crippen LogP contribution in [-0.4, -0.2) is 15.9 Å². The van der Waals surface area contributed by atoms with Crippen molar-refractivity contribution >= 4 is 22.9 Å². The molecule has 19 heavy (non-hydrogen) atoms. The van der Waals surface area contributed by atoms with E-state index in [-0.39, 0.29) is 11.9 Å². The molecule has 0 saturated heterocycles. The lowest BCUT2D eigenvalue weighted by Crippen LogP contribution is -2.28. The van der Waals surface area contributed by atoms with Gasteiger partial charge in [-0.15, -0.1) is 11.3 Å². The molecule has 0 aliphatic heterocycles. The van der Waals surface area contributed by atoms with Gasteiger partial charge in [0.2, 0.25) is 0 Å². The van der Waals surface area contributed by atoms with Crippen LogP contribution in [0.1, 0.15) is 34.0 Å². The van der Waals surface area contributed by atoms with Gasteiger partial charge in [0.05, 0.1) is 17.3 Å². The van der Waals surface area contributed by atoms with Crippen LogP contribution in [0.4, 0.5) is 5.69 Å². The lowest BCUT2D eigenvalue weighted by molar-refractivity contribution is 0.0940. The van der Waals surface area contributed by atoms with Gasteiger partial charge < -0.3 is 10.7 Å². The van der Waals surface area contributed by atoms with Crippen molar-refractivity contribution in [2.75, 3.05) is 5.43 Å². The van der Waals surface area contributed by atoms with Crippen molar-refractivity contribution in [3.63, 3.8) is 0 Å². The highest BCUT2D eigenvalue weighted by atomic mass is 32.1. The third-order valence-electron chi connectivity index (χ3n) is 2.61. The number of carbonyl (C=O) groups is 1. The Balaban J connectivity index is 2.16. The molecule has 0 aromatic carbocycles. The first-order chi connectivity index (χ1) is 9.11. The molecule has 0 aliphatic carbocycles. The van der Waals surface area contributed by atoms with Gasteiger partial charge in [-0.1, -0.05) is 0 Å². The Kier molecular flexibility index (Phi) is 4.08. The lowest BCUT2D eigenvalue weighted by Gasteiger charge is -2.13. The summed E-state index contributed by atoms with van der Waals surface area (Å²) in [6.07, 6.45) is 3.22. The summed E-state index contributed by atoms with van der Waals surface area (Å²) in [6, 6.07) is 1.57. The number of nitrogen functional groups attached to an aromatic ring is 1. The maximum absolute atomic E-state index is 12.2. The second kappa shape index (κ2) is 5.77. The highest BCUT2D eigenvalue weighted by molar-refractivity contribution is 7.09. The molecule has 2 heterocycles. The monoisotopic (exact) mass is 277 g/mol. The average molecular weight is 277 g/mol. The number of nitrogens with one attached hydrogen (secondary N) is 2. The largest absolute Gasteiger partial charge is 0.343 e. The predicted octanol–water partition coefficient (Wildman–Crippen LogP) is 1.62. The van der Waals surface area contributed by atoms with Crippen molar-refractivity contribution in [3.05, 3.63) is 40.1 Å². The summed E-state index contributed by atoms with van der Waals surface area (Å²) in [5.41, 5.74) is 4.27. The van der Waals surface area contributed by atoms with Crippen molar-refractivity contribution in [3.8, 4) is 0 Å². The number of thiazole rings is 1. The number of hydrazine groups is 1. The van der Waals surface area contributed by atoms with Gasteiger partial charge in [-0.25, -0.2) is 4.98 Å². The topological polar surface area (TPSA) is 92.9 Å². The Morgan fingerprint density at radius 3 is 2.89 bits per heavy atom. The van der Waals surface area contributed by atoms with Crippen LogP contribution in [0.5, 0.6) is 0 Å². The summed E-state index contributed by atoms with van der Waals surface area (Å²) < 4.78 is 0. The predicted molar refractivity (Wildman–Crippen MR) is 74.8 cm³/mol. The van der Waals surface area contributed by atoms with Crippen LogP contribution < -0.4 is 16.6 Å². The minimum absolute atomic E-state index is 0.153. The molecule has 7 heteroatoms. The molecule has 4 N–H and O–H groups in total. The summed E-state index contributed by atoms with van der Waals surface area (Å²) in [5.74, 6) is 5.18. The van der Waals surface area contributed by atoms with Crippen LogP contribution >= 0.6 is 11.3 Å². The molecule has 0 bridgehead atoms. The highest BCUT2D eigenvalue weighted by Gasteiger charge is 2.16. The number of aryl methyl sites for hydroxylation is 1. The van der Waals surface area contributed by atoms with Crippen molar-refractivity contribution < 1.29 is 4.79 Å². The number of carbonyl (C=O) groups excluding carboxylic acids is 1. The van der Waals surface area contributed by atoms with Gasteiger partial charge in [0.1, 0.15) is 5.01 Å². The molecule has 6 nitrogen and oxygen atoms in total. The number of anilines is 1. The number of hydrogen-bond acceptors (Lipinski definition) is 6. The molecule has 0 fully saturated rings. The van der Waals surface area contributed by atoms with Crippen molar-refractivity contribution in [1.82, 2.24) is 15.3 Å². The molecule has 2 rings (SSSR count). The van der Waals surface area contributed by atoms with Crippen LogP contribution in [0.25, 0.3) is 0 Å². The Morgan fingerprint density at radius 2 is 2.26 bits per heavy atom. The smallest absolute Gasteiger partial charge is 0.255 e. The number of amides is 1. The van der Waals surface area contributed by atoms with E-state index < -0.39 is 0 Å². The third kappa shape index (κ3) is 3.07. The van der Waals surface area contributed by atoms with Gasteiger partial charge in [-0.05, 0) is 19.9 Å². The van der Waals surface area contributed by atoms with Crippen LogP contribution in [0.15, 0.2) is 23.8 Å². The molecule has 0 spiro atoms. The number of hydrogen-bond donors (Lipinski definition) is 3. The molecule has 1 atom stereocenters. The Labute approximate surface area is 115 Å². The van der Waals surface area contributed by atoms with E-state index in [0.29, 0.717) is 11.3 Å². The molecule has 100 valence electrons. The summed E-state index contributed by atoms with van der Waals surface area (Å²) in [4.78, 5) is 20.4. The van der Waals surface area contributed by atoms with E-state index in [1.165, 1.54) is 17.5 Å². The van der Waals surface area contributed by atoms with Crippen molar-refractivity contribution in [1.29, 1.82) is 0 Å². The zero-order valence-corrected chi connectivity index (χ0v) is 11.5. The van der Waals surface area contributed by atoms with Gasteiger partial charge in [0, 0.05) is 23.5 Å². The Bertz CT molecular complexity index is 570. The zero-order chi connectivity index (χ0) is 13.8. The second-order valence-electron chi connectivity index (χ2n) is 4.08. The van der Waals surface area contributed by atoms with Gasteiger partial charge in [-0.3, -0.25) is 15.6 Å². The average Bonchev–Trinajstić information content (AvgIpc) is 2.92. The summed E-state index contributed by atoms with van der Waals surface area (Å²) in [6.45, 7) is 3.72. The number of pyridine rings is 1. The highest BCUT2D eigenvalue weighted by Crippen LogP contribution is 2.18. The van der Waals surface area contributed by atoms with Gasteiger partial charge in [0.15, 0.2) is 0 Å². The number of nitrogens with two attached hydrogens (primary N) is 1. The minimum atomic E-state index is -0.233. The summed E-state index contributed by atoms with van der Waals surface area (Å²) in [7, 11) is 0.